The summed E-state index contributed by atoms with van der Waals surface area (Å²) < 4.78 is 0. The molecule has 1 saturated heterocycles. The Bertz CT molecular complexity index is 67.3. The third-order valence-electron chi connectivity index (χ3n) is 1.20. The number of rotatable bonds is 2. The van der Waals surface area contributed by atoms with Crippen LogP contribution in [0.25, 0.3) is 0 Å². The average Bonchev–Trinajstić information content (AvgIpc) is 2.22. The summed E-state index contributed by atoms with van der Waals surface area (Å²) in [5, 5.41) is 0. The highest BCUT2D eigenvalue weighted by molar-refractivity contribution is 4.88. The molecule has 0 radical (unpaired) electrons. The SMILES string of the molecule is CC1(CCN)NN1. The minimum atomic E-state index is 0.175. The molecule has 0 bridgehead atoms. The lowest BCUT2D eigenvalue weighted by atomic mass is 10.2. The summed E-state index contributed by atoms with van der Waals surface area (Å²) in [6, 6.07) is 0. The molecule has 4 N–H and O–H groups in total. The summed E-state index contributed by atoms with van der Waals surface area (Å²) in [5.74, 6) is 0. The van der Waals surface area contributed by atoms with Crippen LogP contribution in [0.2, 0.25) is 0 Å². The molecule has 3 nitrogen and oxygen atoms in total. The second-order valence-corrected chi connectivity index (χ2v) is 2.12. The van der Waals surface area contributed by atoms with Crippen LogP contribution in [0.3, 0.4) is 0 Å². The molecule has 0 amide bonds. The summed E-state index contributed by atoms with van der Waals surface area (Å²) >= 11 is 0. The predicted molar refractivity (Wildman–Crippen MR) is 28.3 cm³/mol. The van der Waals surface area contributed by atoms with Gasteiger partial charge in [0.15, 0.2) is 0 Å². The van der Waals surface area contributed by atoms with Crippen LogP contribution in [-0.2, 0) is 0 Å². The van der Waals surface area contributed by atoms with E-state index in [0.717, 1.165) is 13.0 Å². The topological polar surface area (TPSA) is 69.9 Å². The molecule has 0 unspecified atom stereocenters. The van der Waals surface area contributed by atoms with Crippen molar-refractivity contribution in [1.82, 2.24) is 10.9 Å². The Labute approximate surface area is 43.2 Å². The smallest absolute Gasteiger partial charge is 0.0927 e. The molecule has 1 aliphatic rings. The van der Waals surface area contributed by atoms with Crippen molar-refractivity contribution in [3.63, 3.8) is 0 Å². The van der Waals surface area contributed by atoms with Crippen LogP contribution in [0.4, 0.5) is 0 Å². The van der Waals surface area contributed by atoms with E-state index < -0.39 is 0 Å². The van der Waals surface area contributed by atoms with Crippen molar-refractivity contribution < 1.29 is 0 Å². The van der Waals surface area contributed by atoms with E-state index >= 15 is 0 Å². The highest BCUT2D eigenvalue weighted by Gasteiger charge is 2.34. The van der Waals surface area contributed by atoms with Gasteiger partial charge in [0.05, 0.1) is 5.66 Å². The van der Waals surface area contributed by atoms with Gasteiger partial charge in [0.2, 0.25) is 0 Å². The van der Waals surface area contributed by atoms with Crippen LogP contribution in [0.15, 0.2) is 0 Å². The van der Waals surface area contributed by atoms with E-state index in [1.54, 1.807) is 0 Å². The lowest BCUT2D eigenvalue weighted by molar-refractivity contribution is 0.614. The van der Waals surface area contributed by atoms with Gasteiger partial charge in [0, 0.05) is 0 Å². The van der Waals surface area contributed by atoms with E-state index in [4.69, 9.17) is 5.73 Å². The monoisotopic (exact) mass is 101 g/mol. The number of hydrazine groups is 1. The maximum atomic E-state index is 5.27. The first-order valence-corrected chi connectivity index (χ1v) is 2.51. The fraction of sp³-hybridized carbons (Fsp3) is 1.00. The standard InChI is InChI=1S/C4H11N3/c1-4(2-3-5)6-7-4/h6-7H,2-3,5H2,1H3. The molecular weight excluding hydrogens is 90.1 g/mol. The van der Waals surface area contributed by atoms with Gasteiger partial charge in [0.1, 0.15) is 0 Å². The Morgan fingerprint density at radius 2 is 2.14 bits per heavy atom. The van der Waals surface area contributed by atoms with Gasteiger partial charge < -0.3 is 5.73 Å². The van der Waals surface area contributed by atoms with Crippen molar-refractivity contribution in [3.05, 3.63) is 0 Å². The van der Waals surface area contributed by atoms with E-state index in [0.29, 0.717) is 0 Å². The Morgan fingerprint density at radius 1 is 1.57 bits per heavy atom. The van der Waals surface area contributed by atoms with Crippen LogP contribution in [0, 0.1) is 0 Å². The van der Waals surface area contributed by atoms with Crippen molar-refractivity contribution in [3.8, 4) is 0 Å². The van der Waals surface area contributed by atoms with Gasteiger partial charge in [-0.25, -0.2) is 10.9 Å². The lowest BCUT2D eigenvalue weighted by Gasteiger charge is -1.97. The molecule has 0 saturated carbocycles. The van der Waals surface area contributed by atoms with E-state index in [2.05, 4.69) is 17.8 Å². The van der Waals surface area contributed by atoms with Gasteiger partial charge in [0.25, 0.3) is 0 Å². The molecule has 1 fully saturated rings. The largest absolute Gasteiger partial charge is 0.330 e. The summed E-state index contributed by atoms with van der Waals surface area (Å²) in [5.41, 5.74) is 11.4. The zero-order chi connectivity index (χ0) is 5.33. The fourth-order valence-electron chi connectivity index (χ4n) is 0.520. The van der Waals surface area contributed by atoms with E-state index in [9.17, 15) is 0 Å². The zero-order valence-corrected chi connectivity index (χ0v) is 4.49. The van der Waals surface area contributed by atoms with E-state index in [1.165, 1.54) is 0 Å². The Balaban J connectivity index is 2.13. The zero-order valence-electron chi connectivity index (χ0n) is 4.49. The normalized spacial score (nSPS) is 24.9. The molecule has 0 spiro atoms. The second kappa shape index (κ2) is 1.43. The third kappa shape index (κ3) is 1.12. The van der Waals surface area contributed by atoms with Gasteiger partial charge in [-0.05, 0) is 19.9 Å². The molecule has 0 aromatic rings. The van der Waals surface area contributed by atoms with E-state index in [1.807, 2.05) is 0 Å². The van der Waals surface area contributed by atoms with Gasteiger partial charge in [-0.2, -0.15) is 0 Å². The molecule has 0 aromatic carbocycles. The molecule has 42 valence electrons. The Kier molecular flexibility index (Phi) is 1.03. The molecule has 1 heterocycles. The van der Waals surface area contributed by atoms with Crippen LogP contribution in [0.5, 0.6) is 0 Å². The van der Waals surface area contributed by atoms with Gasteiger partial charge in [-0.15, -0.1) is 0 Å². The number of nitrogens with one attached hydrogen (secondary N) is 2. The van der Waals surface area contributed by atoms with Crippen LogP contribution >= 0.6 is 0 Å². The van der Waals surface area contributed by atoms with Crippen LogP contribution in [0.1, 0.15) is 13.3 Å². The van der Waals surface area contributed by atoms with E-state index in [-0.39, 0.29) is 5.66 Å². The second-order valence-electron chi connectivity index (χ2n) is 2.12. The maximum Gasteiger partial charge on any atom is 0.0927 e. The highest BCUT2D eigenvalue weighted by atomic mass is 15.7. The van der Waals surface area contributed by atoms with Crippen molar-refractivity contribution >= 4 is 0 Å². The molecule has 1 aliphatic heterocycles. The minimum Gasteiger partial charge on any atom is -0.330 e. The van der Waals surface area contributed by atoms with Crippen molar-refractivity contribution in [2.24, 2.45) is 5.73 Å². The maximum absolute atomic E-state index is 5.27. The fourth-order valence-corrected chi connectivity index (χ4v) is 0.520. The molecule has 3 heteroatoms. The Hall–Kier alpha value is -0.120. The first-order valence-electron chi connectivity index (χ1n) is 2.51. The lowest BCUT2D eigenvalue weighted by Crippen LogP contribution is -2.17. The van der Waals surface area contributed by atoms with Gasteiger partial charge in [-0.3, -0.25) is 0 Å². The molecule has 0 aliphatic carbocycles. The van der Waals surface area contributed by atoms with Crippen LogP contribution in [-0.4, -0.2) is 12.2 Å². The van der Waals surface area contributed by atoms with Gasteiger partial charge >= 0.3 is 0 Å². The molecule has 0 atom stereocenters. The highest BCUT2D eigenvalue weighted by Crippen LogP contribution is 2.10. The summed E-state index contributed by atoms with van der Waals surface area (Å²) in [7, 11) is 0. The predicted octanol–water partition coefficient (Wildman–Crippen LogP) is -0.841. The van der Waals surface area contributed by atoms with Crippen LogP contribution < -0.4 is 16.6 Å². The van der Waals surface area contributed by atoms with Crippen molar-refractivity contribution in [2.75, 3.05) is 6.54 Å². The average molecular weight is 101 g/mol. The molecule has 7 heavy (non-hydrogen) atoms. The van der Waals surface area contributed by atoms with Crippen molar-refractivity contribution in [2.45, 2.75) is 19.0 Å². The molecular formula is C4H11N3. The van der Waals surface area contributed by atoms with Gasteiger partial charge in [-0.1, -0.05) is 0 Å². The minimum absolute atomic E-state index is 0.175. The third-order valence-corrected chi connectivity index (χ3v) is 1.20. The molecule has 0 aromatic heterocycles. The quantitative estimate of drug-likeness (QED) is 0.397. The number of hydrogen-bond acceptors (Lipinski definition) is 3. The summed E-state index contributed by atoms with van der Waals surface area (Å²) in [4.78, 5) is 0. The Morgan fingerprint density at radius 3 is 2.29 bits per heavy atom. The van der Waals surface area contributed by atoms with Crippen molar-refractivity contribution in [1.29, 1.82) is 0 Å². The summed E-state index contributed by atoms with van der Waals surface area (Å²) in [6.07, 6.45) is 1.01. The first-order chi connectivity index (χ1) is 3.27. The molecule has 1 rings (SSSR count). The number of hydrogen-bond donors (Lipinski definition) is 3. The number of nitrogens with two attached hydrogens (primary N) is 1. The summed E-state index contributed by atoms with van der Waals surface area (Å²) in [6.45, 7) is 2.83. The first kappa shape index (κ1) is 5.03.